The third-order valence-corrected chi connectivity index (χ3v) is 2.58. The van der Waals surface area contributed by atoms with Crippen molar-refractivity contribution in [1.82, 2.24) is 5.32 Å². The quantitative estimate of drug-likeness (QED) is 0.796. The molecule has 1 aromatic rings. The van der Waals surface area contributed by atoms with Crippen molar-refractivity contribution >= 4 is 18.5 Å². The SMILES string of the molecule is Cc1cccc([C@H]2CCOC(=O)N2)c1O.Cl. The molecule has 1 aromatic carbocycles. The van der Waals surface area contributed by atoms with E-state index in [1.54, 1.807) is 0 Å². The van der Waals surface area contributed by atoms with Crippen molar-refractivity contribution in [2.24, 2.45) is 0 Å². The van der Waals surface area contributed by atoms with Crippen LogP contribution in [0.5, 0.6) is 5.75 Å². The monoisotopic (exact) mass is 243 g/mol. The fourth-order valence-electron chi connectivity index (χ4n) is 1.72. The molecule has 0 unspecified atom stereocenters. The van der Waals surface area contributed by atoms with Gasteiger partial charge in [-0.3, -0.25) is 0 Å². The highest BCUT2D eigenvalue weighted by Gasteiger charge is 2.23. The normalized spacial score (nSPS) is 19.3. The lowest BCUT2D eigenvalue weighted by Crippen LogP contribution is -2.35. The van der Waals surface area contributed by atoms with Crippen LogP contribution in [0.25, 0.3) is 0 Å². The van der Waals surface area contributed by atoms with Gasteiger partial charge in [-0.1, -0.05) is 18.2 Å². The molecule has 0 aliphatic carbocycles. The van der Waals surface area contributed by atoms with Crippen LogP contribution in [0.2, 0.25) is 0 Å². The molecule has 1 aliphatic heterocycles. The Labute approximate surface area is 100 Å². The predicted octanol–water partition coefficient (Wildman–Crippen LogP) is 2.29. The van der Waals surface area contributed by atoms with Crippen molar-refractivity contribution in [3.8, 4) is 5.75 Å². The minimum absolute atomic E-state index is 0. The summed E-state index contributed by atoms with van der Waals surface area (Å²) in [4.78, 5) is 11.0. The maximum absolute atomic E-state index is 11.0. The number of carbonyl (C=O) groups excluding carboxylic acids is 1. The number of rotatable bonds is 1. The number of amides is 1. The van der Waals surface area contributed by atoms with Gasteiger partial charge in [0.2, 0.25) is 0 Å². The molecular weight excluding hydrogens is 230 g/mol. The summed E-state index contributed by atoms with van der Waals surface area (Å²) in [6.07, 6.45) is 0.259. The van der Waals surface area contributed by atoms with Crippen molar-refractivity contribution < 1.29 is 14.6 Å². The van der Waals surface area contributed by atoms with Gasteiger partial charge >= 0.3 is 6.09 Å². The van der Waals surface area contributed by atoms with Crippen molar-refractivity contribution in [1.29, 1.82) is 0 Å². The van der Waals surface area contributed by atoms with Crippen molar-refractivity contribution in [3.63, 3.8) is 0 Å². The summed E-state index contributed by atoms with van der Waals surface area (Å²) < 4.78 is 4.77. The molecule has 5 heteroatoms. The van der Waals surface area contributed by atoms with E-state index in [0.717, 1.165) is 11.1 Å². The molecule has 1 atom stereocenters. The molecule has 88 valence electrons. The van der Waals surface area contributed by atoms with Crippen LogP contribution in [0.4, 0.5) is 4.79 Å². The van der Waals surface area contributed by atoms with Gasteiger partial charge in [0.15, 0.2) is 0 Å². The number of alkyl carbamates (subject to hydrolysis) is 1. The zero-order chi connectivity index (χ0) is 10.8. The van der Waals surface area contributed by atoms with Gasteiger partial charge in [-0.2, -0.15) is 0 Å². The summed E-state index contributed by atoms with van der Waals surface area (Å²) in [5, 5.41) is 12.5. The van der Waals surface area contributed by atoms with E-state index in [-0.39, 0.29) is 24.2 Å². The van der Waals surface area contributed by atoms with Gasteiger partial charge in [0.25, 0.3) is 0 Å². The Bertz CT molecular complexity index is 395. The molecule has 0 radical (unpaired) electrons. The second kappa shape index (κ2) is 5.07. The highest BCUT2D eigenvalue weighted by Crippen LogP contribution is 2.30. The highest BCUT2D eigenvalue weighted by molar-refractivity contribution is 5.85. The number of hydrogen-bond acceptors (Lipinski definition) is 3. The Morgan fingerprint density at radius 2 is 2.25 bits per heavy atom. The van der Waals surface area contributed by atoms with E-state index in [2.05, 4.69) is 5.32 Å². The number of carbonyl (C=O) groups is 1. The number of phenolic OH excluding ortho intramolecular Hbond substituents is 1. The van der Waals surface area contributed by atoms with E-state index < -0.39 is 6.09 Å². The largest absolute Gasteiger partial charge is 0.507 e. The van der Waals surface area contributed by atoms with E-state index in [9.17, 15) is 9.90 Å². The second-order valence-corrected chi connectivity index (χ2v) is 3.63. The first-order valence-electron chi connectivity index (χ1n) is 4.90. The lowest BCUT2D eigenvalue weighted by atomic mass is 10.00. The average Bonchev–Trinajstić information content (AvgIpc) is 2.22. The lowest BCUT2D eigenvalue weighted by molar-refractivity contribution is 0.115. The van der Waals surface area contributed by atoms with Gasteiger partial charge in [0.1, 0.15) is 5.75 Å². The molecular formula is C11H14ClNO3. The first-order chi connectivity index (χ1) is 7.18. The van der Waals surface area contributed by atoms with Crippen molar-refractivity contribution in [3.05, 3.63) is 29.3 Å². The Balaban J connectivity index is 0.00000128. The number of hydrogen-bond donors (Lipinski definition) is 2. The van der Waals surface area contributed by atoms with Crippen LogP contribution in [-0.2, 0) is 4.74 Å². The first kappa shape index (κ1) is 12.6. The Morgan fingerprint density at radius 1 is 1.50 bits per heavy atom. The second-order valence-electron chi connectivity index (χ2n) is 3.63. The van der Waals surface area contributed by atoms with E-state index in [1.807, 2.05) is 25.1 Å². The van der Waals surface area contributed by atoms with Gasteiger partial charge in [-0.15, -0.1) is 12.4 Å². The Morgan fingerprint density at radius 3 is 2.94 bits per heavy atom. The minimum Gasteiger partial charge on any atom is -0.507 e. The van der Waals surface area contributed by atoms with E-state index in [4.69, 9.17) is 4.74 Å². The molecule has 0 bridgehead atoms. The predicted molar refractivity (Wildman–Crippen MR) is 61.9 cm³/mol. The van der Waals surface area contributed by atoms with Gasteiger partial charge < -0.3 is 15.2 Å². The first-order valence-corrected chi connectivity index (χ1v) is 4.90. The van der Waals surface area contributed by atoms with Crippen molar-refractivity contribution in [2.45, 2.75) is 19.4 Å². The van der Waals surface area contributed by atoms with Crippen LogP contribution in [0, 0.1) is 6.92 Å². The summed E-state index contributed by atoms with van der Waals surface area (Å²) in [5.41, 5.74) is 1.57. The standard InChI is InChI=1S/C11H13NO3.ClH/c1-7-3-2-4-8(10(7)13)9-5-6-15-11(14)12-9;/h2-4,9,13H,5-6H2,1H3,(H,12,14);1H/t9-;/m1./s1. The fourth-order valence-corrected chi connectivity index (χ4v) is 1.72. The maximum Gasteiger partial charge on any atom is 0.407 e. The zero-order valence-corrected chi connectivity index (χ0v) is 9.71. The highest BCUT2D eigenvalue weighted by atomic mass is 35.5. The fraction of sp³-hybridized carbons (Fsp3) is 0.364. The topological polar surface area (TPSA) is 58.6 Å². The maximum atomic E-state index is 11.0. The molecule has 1 aliphatic rings. The number of cyclic esters (lactones) is 1. The van der Waals surface area contributed by atoms with Gasteiger partial charge in [0.05, 0.1) is 12.6 Å². The van der Waals surface area contributed by atoms with E-state index in [1.165, 1.54) is 0 Å². The molecule has 1 heterocycles. The number of halogens is 1. The molecule has 2 N–H and O–H groups in total. The summed E-state index contributed by atoms with van der Waals surface area (Å²) in [6.45, 7) is 2.23. The van der Waals surface area contributed by atoms with Gasteiger partial charge in [0, 0.05) is 12.0 Å². The molecule has 1 amide bonds. The van der Waals surface area contributed by atoms with Crippen LogP contribution in [0.1, 0.15) is 23.6 Å². The number of ether oxygens (including phenoxy) is 1. The Hall–Kier alpha value is -1.42. The zero-order valence-electron chi connectivity index (χ0n) is 8.90. The van der Waals surface area contributed by atoms with Crippen LogP contribution in [0.15, 0.2) is 18.2 Å². The summed E-state index contributed by atoms with van der Waals surface area (Å²) >= 11 is 0. The number of nitrogens with one attached hydrogen (secondary N) is 1. The smallest absolute Gasteiger partial charge is 0.407 e. The van der Waals surface area contributed by atoms with Crippen LogP contribution in [-0.4, -0.2) is 17.8 Å². The molecule has 0 saturated carbocycles. The number of benzene rings is 1. The van der Waals surface area contributed by atoms with E-state index >= 15 is 0 Å². The van der Waals surface area contributed by atoms with Crippen LogP contribution in [0.3, 0.4) is 0 Å². The Kier molecular flexibility index (Phi) is 4.01. The van der Waals surface area contributed by atoms with Crippen LogP contribution < -0.4 is 5.32 Å². The molecule has 1 fully saturated rings. The molecule has 0 aromatic heterocycles. The van der Waals surface area contributed by atoms with Gasteiger partial charge in [-0.25, -0.2) is 4.79 Å². The number of phenols is 1. The molecule has 1 saturated heterocycles. The van der Waals surface area contributed by atoms with Gasteiger partial charge in [-0.05, 0) is 12.5 Å². The number of aryl methyl sites for hydroxylation is 1. The van der Waals surface area contributed by atoms with Crippen molar-refractivity contribution in [2.75, 3.05) is 6.61 Å². The molecule has 16 heavy (non-hydrogen) atoms. The third kappa shape index (κ3) is 2.39. The molecule has 2 rings (SSSR count). The minimum atomic E-state index is -0.424. The summed E-state index contributed by atoms with van der Waals surface area (Å²) in [6, 6.07) is 5.37. The average molecular weight is 244 g/mol. The number of para-hydroxylation sites is 1. The summed E-state index contributed by atoms with van der Waals surface area (Å²) in [5.74, 6) is 0.254. The summed E-state index contributed by atoms with van der Waals surface area (Å²) in [7, 11) is 0. The molecule has 4 nitrogen and oxygen atoms in total. The van der Waals surface area contributed by atoms with Crippen LogP contribution >= 0.6 is 12.4 Å². The third-order valence-electron chi connectivity index (χ3n) is 2.58. The number of aromatic hydroxyl groups is 1. The lowest BCUT2D eigenvalue weighted by Gasteiger charge is -2.24. The van der Waals surface area contributed by atoms with E-state index in [0.29, 0.717) is 13.0 Å². The molecule has 0 spiro atoms.